The highest BCUT2D eigenvalue weighted by Gasteiger charge is 2.15. The molecule has 1 heterocycles. The number of hydrogen-bond donors (Lipinski definition) is 0. The van der Waals surface area contributed by atoms with Crippen molar-refractivity contribution in [2.75, 3.05) is 24.2 Å². The molecule has 0 aliphatic carbocycles. The van der Waals surface area contributed by atoms with E-state index in [0.29, 0.717) is 0 Å². The van der Waals surface area contributed by atoms with E-state index in [1.807, 2.05) is 12.3 Å². The van der Waals surface area contributed by atoms with E-state index in [1.165, 1.54) is 25.7 Å². The molecule has 0 spiro atoms. The highest BCUT2D eigenvalue weighted by molar-refractivity contribution is 7.98. The lowest BCUT2D eigenvalue weighted by molar-refractivity contribution is 0.726. The molecular formula is C14H18N2S. The summed E-state index contributed by atoms with van der Waals surface area (Å²) in [4.78, 5) is 3.47. The largest absolute Gasteiger partial charge is 0.370 e. The second-order valence-corrected chi connectivity index (χ2v) is 5.22. The smallest absolute Gasteiger partial charge is 0.103 e. The SMILES string of the molecule is CSc1cccc(N2CCCCCC2)c1C#N. The fourth-order valence-electron chi connectivity index (χ4n) is 2.38. The molecule has 0 amide bonds. The maximum Gasteiger partial charge on any atom is 0.103 e. The van der Waals surface area contributed by atoms with Gasteiger partial charge in [-0.15, -0.1) is 11.8 Å². The number of nitriles is 1. The van der Waals surface area contributed by atoms with Gasteiger partial charge >= 0.3 is 0 Å². The van der Waals surface area contributed by atoms with E-state index < -0.39 is 0 Å². The Morgan fingerprint density at radius 3 is 2.47 bits per heavy atom. The zero-order chi connectivity index (χ0) is 12.1. The van der Waals surface area contributed by atoms with Crippen LogP contribution in [0.4, 0.5) is 5.69 Å². The zero-order valence-electron chi connectivity index (χ0n) is 10.3. The Hall–Kier alpha value is -1.14. The van der Waals surface area contributed by atoms with Crippen LogP contribution in [0.2, 0.25) is 0 Å². The molecule has 0 unspecified atom stereocenters. The number of benzene rings is 1. The van der Waals surface area contributed by atoms with Gasteiger partial charge in [-0.05, 0) is 31.2 Å². The third-order valence-electron chi connectivity index (χ3n) is 3.28. The molecule has 0 atom stereocenters. The summed E-state index contributed by atoms with van der Waals surface area (Å²) in [5.74, 6) is 0. The first-order valence-corrected chi connectivity index (χ1v) is 7.41. The van der Waals surface area contributed by atoms with Gasteiger partial charge in [-0.2, -0.15) is 5.26 Å². The van der Waals surface area contributed by atoms with Crippen molar-refractivity contribution in [2.24, 2.45) is 0 Å². The van der Waals surface area contributed by atoms with E-state index in [-0.39, 0.29) is 0 Å². The van der Waals surface area contributed by atoms with Crippen molar-refractivity contribution in [1.82, 2.24) is 0 Å². The van der Waals surface area contributed by atoms with Gasteiger partial charge in [-0.25, -0.2) is 0 Å². The molecule has 2 rings (SSSR count). The van der Waals surface area contributed by atoms with Crippen molar-refractivity contribution in [3.05, 3.63) is 23.8 Å². The Morgan fingerprint density at radius 2 is 1.88 bits per heavy atom. The van der Waals surface area contributed by atoms with E-state index in [4.69, 9.17) is 0 Å². The summed E-state index contributed by atoms with van der Waals surface area (Å²) in [6, 6.07) is 8.55. The lowest BCUT2D eigenvalue weighted by Gasteiger charge is -2.24. The molecule has 1 aromatic rings. The summed E-state index contributed by atoms with van der Waals surface area (Å²) in [7, 11) is 0. The minimum absolute atomic E-state index is 0.849. The lowest BCUT2D eigenvalue weighted by Crippen LogP contribution is -2.24. The third-order valence-corrected chi connectivity index (χ3v) is 4.06. The Kier molecular flexibility index (Phi) is 4.33. The van der Waals surface area contributed by atoms with Crippen molar-refractivity contribution in [1.29, 1.82) is 5.26 Å². The second-order valence-electron chi connectivity index (χ2n) is 4.37. The molecule has 0 N–H and O–H groups in total. The van der Waals surface area contributed by atoms with Crippen LogP contribution in [0.25, 0.3) is 0 Å². The molecule has 1 aliphatic heterocycles. The van der Waals surface area contributed by atoms with Crippen LogP contribution >= 0.6 is 11.8 Å². The second kappa shape index (κ2) is 5.97. The number of anilines is 1. The van der Waals surface area contributed by atoms with Gasteiger partial charge in [0, 0.05) is 18.0 Å². The number of thioether (sulfide) groups is 1. The van der Waals surface area contributed by atoms with Crippen LogP contribution in [0.3, 0.4) is 0 Å². The quantitative estimate of drug-likeness (QED) is 0.745. The van der Waals surface area contributed by atoms with Crippen LogP contribution in [0.5, 0.6) is 0 Å². The molecule has 0 radical (unpaired) electrons. The highest BCUT2D eigenvalue weighted by Crippen LogP contribution is 2.30. The van der Waals surface area contributed by atoms with Crippen LogP contribution in [0.1, 0.15) is 31.2 Å². The first kappa shape index (κ1) is 12.3. The third kappa shape index (κ3) is 2.76. The normalized spacial score (nSPS) is 16.4. The Balaban J connectivity index is 2.33. The average Bonchev–Trinajstić information content (AvgIpc) is 2.66. The van der Waals surface area contributed by atoms with Crippen molar-refractivity contribution in [3.8, 4) is 6.07 Å². The standard InChI is InChI=1S/C14H18N2S/c1-17-14-8-6-7-13(12(14)11-15)16-9-4-2-3-5-10-16/h6-8H,2-5,9-10H2,1H3. The summed E-state index contributed by atoms with van der Waals surface area (Å²) >= 11 is 1.65. The van der Waals surface area contributed by atoms with Crippen LogP contribution < -0.4 is 4.90 Å². The predicted octanol–water partition coefficient (Wildman–Crippen LogP) is 3.66. The van der Waals surface area contributed by atoms with Gasteiger partial charge in [0.2, 0.25) is 0 Å². The molecule has 1 fully saturated rings. The molecule has 0 saturated carbocycles. The highest BCUT2D eigenvalue weighted by atomic mass is 32.2. The lowest BCUT2D eigenvalue weighted by atomic mass is 10.1. The predicted molar refractivity (Wildman–Crippen MR) is 73.6 cm³/mol. The molecule has 17 heavy (non-hydrogen) atoms. The van der Waals surface area contributed by atoms with Crippen molar-refractivity contribution < 1.29 is 0 Å². The maximum atomic E-state index is 9.34. The summed E-state index contributed by atoms with van der Waals surface area (Å²) < 4.78 is 0. The van der Waals surface area contributed by atoms with Gasteiger partial charge in [-0.1, -0.05) is 18.9 Å². The van der Waals surface area contributed by atoms with E-state index in [0.717, 1.165) is 29.2 Å². The molecule has 1 aliphatic rings. The number of hydrogen-bond acceptors (Lipinski definition) is 3. The molecule has 90 valence electrons. The van der Waals surface area contributed by atoms with Gasteiger partial charge in [0.1, 0.15) is 6.07 Å². The van der Waals surface area contributed by atoms with Crippen LogP contribution in [0.15, 0.2) is 23.1 Å². The van der Waals surface area contributed by atoms with Crippen molar-refractivity contribution >= 4 is 17.4 Å². The first-order valence-electron chi connectivity index (χ1n) is 6.19. The van der Waals surface area contributed by atoms with Gasteiger partial charge in [0.25, 0.3) is 0 Å². The number of nitrogens with zero attached hydrogens (tertiary/aromatic N) is 2. The van der Waals surface area contributed by atoms with Gasteiger partial charge < -0.3 is 4.90 Å². The Morgan fingerprint density at radius 1 is 1.18 bits per heavy atom. The monoisotopic (exact) mass is 246 g/mol. The van der Waals surface area contributed by atoms with Crippen molar-refractivity contribution in [2.45, 2.75) is 30.6 Å². The Labute approximate surface area is 108 Å². The molecule has 1 aromatic carbocycles. The average molecular weight is 246 g/mol. The van der Waals surface area contributed by atoms with Gasteiger partial charge in [0.15, 0.2) is 0 Å². The van der Waals surface area contributed by atoms with Crippen LogP contribution in [0, 0.1) is 11.3 Å². The Bertz CT molecular complexity index is 415. The minimum atomic E-state index is 0.849. The van der Waals surface area contributed by atoms with Gasteiger partial charge in [0.05, 0.1) is 11.3 Å². The fourth-order valence-corrected chi connectivity index (χ4v) is 2.95. The molecule has 1 saturated heterocycles. The first-order chi connectivity index (χ1) is 8.36. The molecule has 2 nitrogen and oxygen atoms in total. The van der Waals surface area contributed by atoms with Crippen molar-refractivity contribution in [3.63, 3.8) is 0 Å². The van der Waals surface area contributed by atoms with E-state index in [1.54, 1.807) is 11.8 Å². The topological polar surface area (TPSA) is 27.0 Å². The maximum absolute atomic E-state index is 9.34. The summed E-state index contributed by atoms with van der Waals surface area (Å²) in [6.45, 7) is 2.18. The summed E-state index contributed by atoms with van der Waals surface area (Å²) in [5.41, 5.74) is 1.98. The fraction of sp³-hybridized carbons (Fsp3) is 0.500. The van der Waals surface area contributed by atoms with E-state index in [2.05, 4.69) is 23.1 Å². The minimum Gasteiger partial charge on any atom is -0.370 e. The van der Waals surface area contributed by atoms with E-state index in [9.17, 15) is 5.26 Å². The molecule has 0 bridgehead atoms. The van der Waals surface area contributed by atoms with Crippen LogP contribution in [-0.2, 0) is 0 Å². The van der Waals surface area contributed by atoms with Gasteiger partial charge in [-0.3, -0.25) is 0 Å². The summed E-state index contributed by atoms with van der Waals surface area (Å²) in [6.07, 6.45) is 7.16. The van der Waals surface area contributed by atoms with Crippen LogP contribution in [-0.4, -0.2) is 19.3 Å². The van der Waals surface area contributed by atoms with E-state index >= 15 is 0 Å². The molecular weight excluding hydrogens is 228 g/mol. The molecule has 0 aromatic heterocycles. The zero-order valence-corrected chi connectivity index (χ0v) is 11.1. The number of rotatable bonds is 2. The summed E-state index contributed by atoms with van der Waals surface area (Å²) in [5, 5.41) is 9.34. The molecule has 3 heteroatoms.